The quantitative estimate of drug-likeness (QED) is 0.468. The molecule has 1 heterocycles. The molecule has 1 aliphatic rings. The molecule has 1 aromatic rings. The van der Waals surface area contributed by atoms with Crippen LogP contribution in [-0.2, 0) is 15.7 Å². The van der Waals surface area contributed by atoms with Crippen molar-refractivity contribution >= 4 is 17.3 Å². The summed E-state index contributed by atoms with van der Waals surface area (Å²) in [6, 6.07) is 2.25. The molecule has 7 nitrogen and oxygen atoms in total. The van der Waals surface area contributed by atoms with E-state index in [0.29, 0.717) is 19.1 Å². The molecule has 0 aliphatic carbocycles. The molecule has 2 rings (SSSR count). The molecule has 10 heteroatoms. The van der Waals surface area contributed by atoms with Crippen molar-refractivity contribution in [3.05, 3.63) is 33.9 Å². The lowest BCUT2D eigenvalue weighted by Gasteiger charge is -2.12. The summed E-state index contributed by atoms with van der Waals surface area (Å²) in [7, 11) is 0. The van der Waals surface area contributed by atoms with Crippen molar-refractivity contribution in [1.82, 2.24) is 5.32 Å². The molecule has 1 amide bonds. The predicted octanol–water partition coefficient (Wildman–Crippen LogP) is 2.32. The second-order valence-electron chi connectivity index (χ2n) is 5.21. The summed E-state index contributed by atoms with van der Waals surface area (Å²) in [4.78, 5) is 21.7. The number of nitro groups is 1. The van der Waals surface area contributed by atoms with Crippen LogP contribution in [0.4, 0.5) is 24.5 Å². The Hall–Kier alpha value is -2.36. The highest BCUT2D eigenvalue weighted by atomic mass is 19.4. The Morgan fingerprint density at radius 3 is 2.71 bits per heavy atom. The minimum atomic E-state index is -4.65. The van der Waals surface area contributed by atoms with Crippen LogP contribution in [0.2, 0.25) is 0 Å². The molecule has 1 unspecified atom stereocenters. The molecule has 0 radical (unpaired) electrons. The van der Waals surface area contributed by atoms with E-state index >= 15 is 0 Å². The summed E-state index contributed by atoms with van der Waals surface area (Å²) >= 11 is 0. The number of amides is 1. The molecule has 2 N–H and O–H groups in total. The van der Waals surface area contributed by atoms with Crippen molar-refractivity contribution in [3.63, 3.8) is 0 Å². The number of nitrogens with one attached hydrogen (secondary N) is 2. The van der Waals surface area contributed by atoms with E-state index in [0.717, 1.165) is 18.6 Å². The van der Waals surface area contributed by atoms with Crippen molar-refractivity contribution in [2.75, 3.05) is 25.0 Å². The zero-order valence-electron chi connectivity index (χ0n) is 12.6. The van der Waals surface area contributed by atoms with Crippen molar-refractivity contribution in [1.29, 1.82) is 0 Å². The zero-order valence-corrected chi connectivity index (χ0v) is 12.6. The second kappa shape index (κ2) is 7.47. The maximum Gasteiger partial charge on any atom is 0.416 e. The van der Waals surface area contributed by atoms with Gasteiger partial charge in [-0.3, -0.25) is 14.9 Å². The van der Waals surface area contributed by atoms with E-state index in [1.54, 1.807) is 0 Å². The maximum atomic E-state index is 12.6. The van der Waals surface area contributed by atoms with Crippen LogP contribution in [0.3, 0.4) is 0 Å². The Kier molecular flexibility index (Phi) is 5.60. The Balaban J connectivity index is 1.92. The highest BCUT2D eigenvalue weighted by Gasteiger charge is 2.33. The predicted molar refractivity (Wildman–Crippen MR) is 78.6 cm³/mol. The highest BCUT2D eigenvalue weighted by molar-refractivity contribution is 5.81. The minimum Gasteiger partial charge on any atom is -0.378 e. The monoisotopic (exact) mass is 347 g/mol. The Bertz CT molecular complexity index is 616. The SMILES string of the molecule is O=C(NCCNc1ccc(C(F)(F)F)cc1[N+](=O)[O-])C1CCCO1. The number of rotatable bonds is 6. The van der Waals surface area contributed by atoms with Gasteiger partial charge in [-0.15, -0.1) is 0 Å². The summed E-state index contributed by atoms with van der Waals surface area (Å²) in [5, 5.41) is 16.2. The molecule has 1 fully saturated rings. The number of carbonyl (C=O) groups is 1. The molecule has 0 saturated carbocycles. The standard InChI is InChI=1S/C14H16F3N3O4/c15-14(16,17)9-3-4-10(11(8-9)20(22)23)18-5-6-19-13(21)12-2-1-7-24-12/h3-4,8,12,18H,1-2,5-7H2,(H,19,21). The van der Waals surface area contributed by atoms with Crippen molar-refractivity contribution < 1.29 is 27.6 Å². The molecular weight excluding hydrogens is 331 g/mol. The number of benzene rings is 1. The summed E-state index contributed by atoms with van der Waals surface area (Å²) in [5.74, 6) is -0.267. The third-order valence-corrected chi connectivity index (χ3v) is 3.48. The van der Waals surface area contributed by atoms with Crippen LogP contribution in [0.15, 0.2) is 18.2 Å². The summed E-state index contributed by atoms with van der Waals surface area (Å²) in [6.07, 6.45) is -3.68. The third-order valence-electron chi connectivity index (χ3n) is 3.48. The van der Waals surface area contributed by atoms with Gasteiger partial charge in [0.25, 0.3) is 5.69 Å². The van der Waals surface area contributed by atoms with Gasteiger partial charge in [-0.05, 0) is 25.0 Å². The number of anilines is 1. The number of hydrogen-bond donors (Lipinski definition) is 2. The van der Waals surface area contributed by atoms with E-state index in [1.807, 2.05) is 0 Å². The second-order valence-corrected chi connectivity index (χ2v) is 5.21. The molecule has 1 aliphatic heterocycles. The van der Waals surface area contributed by atoms with Gasteiger partial charge in [-0.2, -0.15) is 13.2 Å². The first-order valence-electron chi connectivity index (χ1n) is 7.28. The first-order valence-corrected chi connectivity index (χ1v) is 7.28. The minimum absolute atomic E-state index is 0.0423. The fourth-order valence-corrected chi connectivity index (χ4v) is 2.29. The first kappa shape index (κ1) is 18.0. The Morgan fingerprint density at radius 2 is 2.12 bits per heavy atom. The van der Waals surface area contributed by atoms with Crippen molar-refractivity contribution in [3.8, 4) is 0 Å². The number of nitrogens with zero attached hydrogens (tertiary/aromatic N) is 1. The Morgan fingerprint density at radius 1 is 1.38 bits per heavy atom. The molecule has 1 saturated heterocycles. The van der Waals surface area contributed by atoms with Crippen molar-refractivity contribution in [2.24, 2.45) is 0 Å². The number of alkyl halides is 3. The average Bonchev–Trinajstić information content (AvgIpc) is 3.04. The van der Waals surface area contributed by atoms with Crippen LogP contribution in [0, 0.1) is 10.1 Å². The third kappa shape index (κ3) is 4.57. The lowest BCUT2D eigenvalue weighted by atomic mass is 10.1. The van der Waals surface area contributed by atoms with E-state index in [9.17, 15) is 28.1 Å². The lowest BCUT2D eigenvalue weighted by Crippen LogP contribution is -2.36. The van der Waals surface area contributed by atoms with E-state index < -0.39 is 28.5 Å². The van der Waals surface area contributed by atoms with Crippen LogP contribution < -0.4 is 10.6 Å². The van der Waals surface area contributed by atoms with E-state index in [-0.39, 0.29) is 24.7 Å². The van der Waals surface area contributed by atoms with E-state index in [4.69, 9.17) is 4.74 Å². The normalized spacial score (nSPS) is 17.5. The number of halogens is 3. The molecule has 0 bridgehead atoms. The molecule has 132 valence electrons. The van der Waals surface area contributed by atoms with Gasteiger partial charge in [-0.25, -0.2) is 0 Å². The van der Waals surface area contributed by atoms with Gasteiger partial charge >= 0.3 is 6.18 Å². The van der Waals surface area contributed by atoms with E-state index in [2.05, 4.69) is 10.6 Å². The maximum absolute atomic E-state index is 12.6. The molecule has 0 spiro atoms. The summed E-state index contributed by atoms with van der Waals surface area (Å²) in [6.45, 7) is 0.829. The molecule has 1 atom stereocenters. The number of carbonyl (C=O) groups excluding carboxylic acids is 1. The van der Waals surface area contributed by atoms with Gasteiger partial charge in [0.2, 0.25) is 5.91 Å². The fraction of sp³-hybridized carbons (Fsp3) is 0.500. The molecule has 24 heavy (non-hydrogen) atoms. The van der Waals surface area contributed by atoms with Gasteiger partial charge in [0.15, 0.2) is 0 Å². The van der Waals surface area contributed by atoms with Crippen LogP contribution in [0.5, 0.6) is 0 Å². The highest BCUT2D eigenvalue weighted by Crippen LogP contribution is 2.34. The summed E-state index contributed by atoms with van der Waals surface area (Å²) in [5.41, 5.74) is -1.80. The largest absolute Gasteiger partial charge is 0.416 e. The Labute approximate surface area is 135 Å². The van der Waals surface area contributed by atoms with Gasteiger partial charge in [0.1, 0.15) is 11.8 Å². The van der Waals surface area contributed by atoms with E-state index in [1.165, 1.54) is 0 Å². The first-order chi connectivity index (χ1) is 11.3. The zero-order chi connectivity index (χ0) is 17.7. The number of nitro benzene ring substituents is 1. The lowest BCUT2D eigenvalue weighted by molar-refractivity contribution is -0.384. The number of ether oxygens (including phenoxy) is 1. The van der Waals surface area contributed by atoms with Crippen molar-refractivity contribution in [2.45, 2.75) is 25.1 Å². The molecule has 0 aromatic heterocycles. The van der Waals surface area contributed by atoms with Crippen LogP contribution >= 0.6 is 0 Å². The van der Waals surface area contributed by atoms with Crippen LogP contribution in [0.1, 0.15) is 18.4 Å². The van der Waals surface area contributed by atoms with Crippen LogP contribution in [-0.4, -0.2) is 36.6 Å². The smallest absolute Gasteiger partial charge is 0.378 e. The van der Waals surface area contributed by atoms with Gasteiger partial charge in [0, 0.05) is 25.8 Å². The fourth-order valence-electron chi connectivity index (χ4n) is 2.29. The van der Waals surface area contributed by atoms with Gasteiger partial charge < -0.3 is 15.4 Å². The molecule has 1 aromatic carbocycles. The molecular formula is C14H16F3N3O4. The summed E-state index contributed by atoms with van der Waals surface area (Å²) < 4.78 is 43.0. The number of hydrogen-bond acceptors (Lipinski definition) is 5. The topological polar surface area (TPSA) is 93.5 Å². The van der Waals surface area contributed by atoms with Gasteiger partial charge in [0.05, 0.1) is 10.5 Å². The van der Waals surface area contributed by atoms with Crippen LogP contribution in [0.25, 0.3) is 0 Å². The van der Waals surface area contributed by atoms with Gasteiger partial charge in [-0.1, -0.05) is 0 Å². The average molecular weight is 347 g/mol.